The van der Waals surface area contributed by atoms with Crippen molar-refractivity contribution in [1.82, 2.24) is 20.2 Å². The molecular formula is C20H19BrN6O2. The number of aryl methyl sites for hydroxylation is 1. The Labute approximate surface area is 175 Å². The number of nitrogens with one attached hydrogen (secondary N) is 1. The summed E-state index contributed by atoms with van der Waals surface area (Å²) in [6, 6.07) is 13.2. The second-order valence-corrected chi connectivity index (χ2v) is 7.75. The molecule has 4 rings (SSSR count). The Balaban J connectivity index is 1.76. The number of primary amides is 1. The molecular weight excluding hydrogens is 436 g/mol. The molecule has 0 fully saturated rings. The van der Waals surface area contributed by atoms with Gasteiger partial charge in [-0.05, 0) is 48.0 Å². The molecule has 29 heavy (non-hydrogen) atoms. The number of carbonyl (C=O) groups excluding carboxylic acids is 1. The van der Waals surface area contributed by atoms with Gasteiger partial charge in [0.15, 0.2) is 0 Å². The van der Waals surface area contributed by atoms with Crippen LogP contribution in [-0.2, 0) is 11.4 Å². The minimum Gasteiger partial charge on any atom is -0.489 e. The molecule has 0 aliphatic carbocycles. The largest absolute Gasteiger partial charge is 0.489 e. The molecule has 2 heterocycles. The summed E-state index contributed by atoms with van der Waals surface area (Å²) in [4.78, 5) is 12.3. The fourth-order valence-corrected chi connectivity index (χ4v) is 3.71. The van der Waals surface area contributed by atoms with Crippen LogP contribution in [0.25, 0.3) is 0 Å². The summed E-state index contributed by atoms with van der Waals surface area (Å²) in [5.41, 5.74) is 9.65. The van der Waals surface area contributed by atoms with E-state index >= 15 is 0 Å². The van der Waals surface area contributed by atoms with Crippen molar-refractivity contribution in [2.24, 2.45) is 5.73 Å². The maximum Gasteiger partial charge on any atom is 0.248 e. The molecule has 148 valence electrons. The molecule has 3 aromatic rings. The van der Waals surface area contributed by atoms with Crippen molar-refractivity contribution in [3.05, 3.63) is 74.9 Å². The zero-order valence-electron chi connectivity index (χ0n) is 15.9. The number of ether oxygens (including phenoxy) is 1. The fraction of sp³-hybridized carbons (Fsp3) is 0.200. The number of carbonyl (C=O) groups is 1. The summed E-state index contributed by atoms with van der Waals surface area (Å²) in [7, 11) is 0. The highest BCUT2D eigenvalue weighted by molar-refractivity contribution is 9.10. The lowest BCUT2D eigenvalue weighted by molar-refractivity contribution is -0.115. The summed E-state index contributed by atoms with van der Waals surface area (Å²) >= 11 is 3.51. The number of hydrogen-bond donors (Lipinski definition) is 2. The number of tetrazole rings is 1. The first-order valence-corrected chi connectivity index (χ1v) is 9.76. The van der Waals surface area contributed by atoms with Gasteiger partial charge < -0.3 is 15.8 Å². The van der Waals surface area contributed by atoms with Crippen molar-refractivity contribution in [1.29, 1.82) is 0 Å². The maximum absolute atomic E-state index is 12.3. The average molecular weight is 455 g/mol. The number of halogens is 1. The molecule has 1 aromatic heterocycles. The normalized spacial score (nSPS) is 15.6. The maximum atomic E-state index is 12.3. The number of allylic oxidation sites excluding steroid dienone is 1. The Bertz CT molecular complexity index is 1110. The molecule has 0 saturated heterocycles. The Morgan fingerprint density at radius 2 is 2.00 bits per heavy atom. The second-order valence-electron chi connectivity index (χ2n) is 6.83. The van der Waals surface area contributed by atoms with E-state index in [9.17, 15) is 4.79 Å². The van der Waals surface area contributed by atoms with Crippen molar-refractivity contribution in [3.63, 3.8) is 0 Å². The van der Waals surface area contributed by atoms with Gasteiger partial charge in [-0.2, -0.15) is 4.68 Å². The number of aromatic nitrogens is 4. The monoisotopic (exact) mass is 454 g/mol. The molecule has 9 heteroatoms. The fourth-order valence-electron chi connectivity index (χ4n) is 3.33. The van der Waals surface area contributed by atoms with Gasteiger partial charge in [0.25, 0.3) is 0 Å². The molecule has 8 nitrogen and oxygen atoms in total. The van der Waals surface area contributed by atoms with E-state index in [1.54, 1.807) is 6.92 Å². The lowest BCUT2D eigenvalue weighted by Crippen LogP contribution is -2.32. The highest BCUT2D eigenvalue weighted by Gasteiger charge is 2.34. The predicted octanol–water partition coefficient (Wildman–Crippen LogP) is 3.10. The van der Waals surface area contributed by atoms with Crippen LogP contribution in [0, 0.1) is 6.92 Å². The van der Waals surface area contributed by atoms with E-state index in [1.165, 1.54) is 10.2 Å². The van der Waals surface area contributed by atoms with Crippen LogP contribution in [0.2, 0.25) is 0 Å². The van der Waals surface area contributed by atoms with Crippen LogP contribution >= 0.6 is 15.9 Å². The number of nitrogens with zero attached hydrogens (tertiary/aromatic N) is 4. The summed E-state index contributed by atoms with van der Waals surface area (Å²) < 4.78 is 8.50. The molecule has 2 aromatic carbocycles. The Morgan fingerprint density at radius 3 is 2.72 bits per heavy atom. The smallest absolute Gasteiger partial charge is 0.248 e. The number of anilines is 1. The van der Waals surface area contributed by atoms with E-state index in [0.717, 1.165) is 15.6 Å². The van der Waals surface area contributed by atoms with E-state index in [0.29, 0.717) is 29.6 Å². The van der Waals surface area contributed by atoms with Crippen LogP contribution in [-0.4, -0.2) is 26.1 Å². The standard InChI is InChI=1S/C20H19BrN6O2/c1-11-3-5-13(6-4-11)10-29-16-8-7-14(21)9-15(16)18-17(19(22)28)12(2)23-20-24-25-26-27(18)20/h3-9,18H,10H2,1-2H3,(H2,22,28)(H,23,24,26). The van der Waals surface area contributed by atoms with Gasteiger partial charge in [0.05, 0.1) is 5.57 Å². The highest BCUT2D eigenvalue weighted by atomic mass is 79.9. The molecule has 1 aliphatic rings. The summed E-state index contributed by atoms with van der Waals surface area (Å²) in [6.07, 6.45) is 0. The van der Waals surface area contributed by atoms with E-state index in [2.05, 4.69) is 36.8 Å². The molecule has 0 radical (unpaired) electrons. The van der Waals surface area contributed by atoms with Gasteiger partial charge in [-0.15, -0.1) is 0 Å². The number of benzene rings is 2. The van der Waals surface area contributed by atoms with Gasteiger partial charge in [0.1, 0.15) is 18.4 Å². The SMILES string of the molecule is CC1=C(C(N)=O)C(c2cc(Br)ccc2OCc2ccc(C)cc2)n2nnnc2N1. The van der Waals surface area contributed by atoms with Crippen molar-refractivity contribution in [3.8, 4) is 5.75 Å². The zero-order valence-corrected chi connectivity index (χ0v) is 17.5. The molecule has 1 amide bonds. The third kappa shape index (κ3) is 3.73. The van der Waals surface area contributed by atoms with Crippen LogP contribution in [0.4, 0.5) is 5.95 Å². The third-order valence-corrected chi connectivity index (χ3v) is 5.25. The van der Waals surface area contributed by atoms with E-state index < -0.39 is 11.9 Å². The van der Waals surface area contributed by atoms with Gasteiger partial charge in [-0.3, -0.25) is 4.79 Å². The third-order valence-electron chi connectivity index (χ3n) is 4.76. The van der Waals surface area contributed by atoms with Crippen LogP contribution in [0.3, 0.4) is 0 Å². The van der Waals surface area contributed by atoms with Gasteiger partial charge in [-0.1, -0.05) is 50.9 Å². The Hall–Kier alpha value is -3.20. The van der Waals surface area contributed by atoms with Crippen molar-refractivity contribution < 1.29 is 9.53 Å². The number of fused-ring (bicyclic) bond motifs is 1. The van der Waals surface area contributed by atoms with Gasteiger partial charge in [0.2, 0.25) is 11.9 Å². The lowest BCUT2D eigenvalue weighted by Gasteiger charge is -2.28. The Morgan fingerprint density at radius 1 is 1.24 bits per heavy atom. The van der Waals surface area contributed by atoms with E-state index in [4.69, 9.17) is 10.5 Å². The van der Waals surface area contributed by atoms with Gasteiger partial charge >= 0.3 is 0 Å². The van der Waals surface area contributed by atoms with Gasteiger partial charge in [0, 0.05) is 15.7 Å². The van der Waals surface area contributed by atoms with Crippen molar-refractivity contribution in [2.75, 3.05) is 5.32 Å². The van der Waals surface area contributed by atoms with E-state index in [1.807, 2.05) is 49.4 Å². The quantitative estimate of drug-likeness (QED) is 0.612. The lowest BCUT2D eigenvalue weighted by atomic mass is 9.94. The zero-order chi connectivity index (χ0) is 20.5. The first-order chi connectivity index (χ1) is 13.9. The number of hydrogen-bond acceptors (Lipinski definition) is 6. The number of nitrogens with two attached hydrogens (primary N) is 1. The van der Waals surface area contributed by atoms with Crippen LogP contribution in [0.15, 0.2) is 58.2 Å². The minimum absolute atomic E-state index is 0.378. The molecule has 0 spiro atoms. The molecule has 1 atom stereocenters. The summed E-state index contributed by atoms with van der Waals surface area (Å²) in [5.74, 6) is 0.501. The second kappa shape index (κ2) is 7.67. The molecule has 1 unspecified atom stereocenters. The number of rotatable bonds is 5. The first-order valence-electron chi connectivity index (χ1n) is 8.97. The Kier molecular flexibility index (Phi) is 5.06. The van der Waals surface area contributed by atoms with Crippen molar-refractivity contribution in [2.45, 2.75) is 26.5 Å². The van der Waals surface area contributed by atoms with Crippen LogP contribution in [0.5, 0.6) is 5.75 Å². The molecule has 0 saturated carbocycles. The number of amides is 1. The predicted molar refractivity (Wildman–Crippen MR) is 111 cm³/mol. The summed E-state index contributed by atoms with van der Waals surface area (Å²) in [5, 5.41) is 14.8. The molecule has 1 aliphatic heterocycles. The first kappa shape index (κ1) is 19.1. The van der Waals surface area contributed by atoms with Crippen molar-refractivity contribution >= 4 is 27.8 Å². The minimum atomic E-state index is -0.607. The van der Waals surface area contributed by atoms with E-state index in [-0.39, 0.29) is 0 Å². The molecule has 3 N–H and O–H groups in total. The average Bonchev–Trinajstić information content (AvgIpc) is 3.15. The summed E-state index contributed by atoms with van der Waals surface area (Å²) in [6.45, 7) is 4.20. The highest BCUT2D eigenvalue weighted by Crippen LogP contribution is 2.39. The topological polar surface area (TPSA) is 108 Å². The molecule has 0 bridgehead atoms. The van der Waals surface area contributed by atoms with Gasteiger partial charge in [-0.25, -0.2) is 0 Å². The van der Waals surface area contributed by atoms with Crippen LogP contribution < -0.4 is 15.8 Å². The van der Waals surface area contributed by atoms with Crippen LogP contribution in [0.1, 0.15) is 29.7 Å².